The van der Waals surface area contributed by atoms with E-state index in [9.17, 15) is 4.79 Å². The fraction of sp³-hybridized carbons (Fsp3) is 0.421. The monoisotopic (exact) mass is 429 g/mol. The highest BCUT2D eigenvalue weighted by Gasteiger charge is 2.26. The van der Waals surface area contributed by atoms with Gasteiger partial charge in [0.2, 0.25) is 11.9 Å². The van der Waals surface area contributed by atoms with Gasteiger partial charge in [0.1, 0.15) is 5.01 Å². The van der Waals surface area contributed by atoms with Gasteiger partial charge in [0.05, 0.1) is 11.2 Å². The third-order valence-corrected chi connectivity index (χ3v) is 6.82. The van der Waals surface area contributed by atoms with E-state index in [2.05, 4.69) is 55.2 Å². The molecule has 2 unspecified atom stereocenters. The molecule has 3 aromatic rings. The molecule has 10 heteroatoms. The van der Waals surface area contributed by atoms with Crippen molar-refractivity contribution in [2.45, 2.75) is 50.3 Å². The number of hydrogen-bond donors (Lipinski definition) is 3. The SMILES string of the molecule is CCc1ccc2nc(NC3NC(=O)CC(CSc4nnc(C)s4)N3)nc(C)c2c1. The summed E-state index contributed by atoms with van der Waals surface area (Å²) in [6, 6.07) is 6.26. The molecule has 152 valence electrons. The fourth-order valence-corrected chi connectivity index (χ4v) is 5.09. The number of aromatic nitrogens is 4. The molecule has 1 aromatic carbocycles. The first kappa shape index (κ1) is 20.0. The van der Waals surface area contributed by atoms with Crippen LogP contribution >= 0.6 is 23.1 Å². The summed E-state index contributed by atoms with van der Waals surface area (Å²) in [7, 11) is 0. The number of nitrogens with one attached hydrogen (secondary N) is 3. The molecule has 3 N–H and O–H groups in total. The third-order valence-electron chi connectivity index (χ3n) is 4.69. The van der Waals surface area contributed by atoms with Crippen LogP contribution in [-0.4, -0.2) is 44.2 Å². The predicted molar refractivity (Wildman–Crippen MR) is 116 cm³/mol. The summed E-state index contributed by atoms with van der Waals surface area (Å²) in [6.45, 7) is 6.04. The van der Waals surface area contributed by atoms with Crippen LogP contribution in [0, 0.1) is 13.8 Å². The molecule has 1 amide bonds. The van der Waals surface area contributed by atoms with Gasteiger partial charge in [-0.05, 0) is 38.0 Å². The minimum absolute atomic E-state index is 0.00890. The highest BCUT2D eigenvalue weighted by molar-refractivity contribution is 8.01. The molecule has 2 aromatic heterocycles. The maximum atomic E-state index is 12.2. The lowest BCUT2D eigenvalue weighted by molar-refractivity contribution is -0.123. The maximum Gasteiger partial charge on any atom is 0.226 e. The predicted octanol–water partition coefficient (Wildman–Crippen LogP) is 2.63. The number of nitrogens with zero attached hydrogens (tertiary/aromatic N) is 4. The molecule has 1 fully saturated rings. The Hall–Kier alpha value is -2.30. The fourth-order valence-electron chi connectivity index (χ4n) is 3.22. The highest BCUT2D eigenvalue weighted by atomic mass is 32.2. The van der Waals surface area contributed by atoms with Gasteiger partial charge >= 0.3 is 0 Å². The average Bonchev–Trinajstić information content (AvgIpc) is 3.11. The van der Waals surface area contributed by atoms with Crippen LogP contribution in [0.5, 0.6) is 0 Å². The second-order valence-electron chi connectivity index (χ2n) is 6.95. The van der Waals surface area contributed by atoms with Crippen molar-refractivity contribution in [1.29, 1.82) is 0 Å². The highest BCUT2D eigenvalue weighted by Crippen LogP contribution is 2.24. The van der Waals surface area contributed by atoms with Crippen LogP contribution in [0.1, 0.15) is 29.6 Å². The molecule has 2 atom stereocenters. The molecular formula is C19H23N7OS2. The van der Waals surface area contributed by atoms with E-state index in [1.54, 1.807) is 23.1 Å². The standard InChI is InChI=1S/C19H23N7OS2/c1-4-12-5-6-15-14(7-12)10(2)20-17(22-15)24-18-21-13(8-16(27)23-18)9-28-19-26-25-11(3)29-19/h5-7,13,18,21H,4,8-9H2,1-3H3,(H,23,27)(H,20,22,24). The van der Waals surface area contributed by atoms with Gasteiger partial charge in [-0.25, -0.2) is 9.97 Å². The van der Waals surface area contributed by atoms with Crippen molar-refractivity contribution in [3.63, 3.8) is 0 Å². The van der Waals surface area contributed by atoms with Gasteiger partial charge in [0.15, 0.2) is 10.6 Å². The zero-order valence-electron chi connectivity index (χ0n) is 16.5. The smallest absolute Gasteiger partial charge is 0.226 e. The maximum absolute atomic E-state index is 12.2. The Bertz CT molecular complexity index is 1040. The number of benzene rings is 1. The van der Waals surface area contributed by atoms with Crippen molar-refractivity contribution in [3.05, 3.63) is 34.5 Å². The van der Waals surface area contributed by atoms with Crippen molar-refractivity contribution in [2.75, 3.05) is 11.1 Å². The molecule has 29 heavy (non-hydrogen) atoms. The van der Waals surface area contributed by atoms with Crippen LogP contribution in [0.15, 0.2) is 22.5 Å². The first-order valence-corrected chi connectivity index (χ1v) is 11.3. The van der Waals surface area contributed by atoms with Gasteiger partial charge < -0.3 is 10.6 Å². The summed E-state index contributed by atoms with van der Waals surface area (Å²) in [4.78, 5) is 21.4. The second kappa shape index (κ2) is 8.60. The largest absolute Gasteiger partial charge is 0.323 e. The van der Waals surface area contributed by atoms with Gasteiger partial charge in [0.25, 0.3) is 0 Å². The van der Waals surface area contributed by atoms with Crippen molar-refractivity contribution in [3.8, 4) is 0 Å². The summed E-state index contributed by atoms with van der Waals surface area (Å²) in [6.07, 6.45) is 0.967. The lowest BCUT2D eigenvalue weighted by Gasteiger charge is -2.31. The van der Waals surface area contributed by atoms with Crippen LogP contribution in [0.4, 0.5) is 5.95 Å². The van der Waals surface area contributed by atoms with Crippen molar-refractivity contribution < 1.29 is 4.79 Å². The lowest BCUT2D eigenvalue weighted by Crippen LogP contribution is -2.60. The van der Waals surface area contributed by atoms with E-state index in [-0.39, 0.29) is 11.9 Å². The molecule has 3 heterocycles. The van der Waals surface area contributed by atoms with Crippen molar-refractivity contribution in [2.24, 2.45) is 0 Å². The molecule has 0 radical (unpaired) electrons. The molecule has 1 saturated heterocycles. The Morgan fingerprint density at radius 3 is 2.90 bits per heavy atom. The van der Waals surface area contributed by atoms with Crippen molar-refractivity contribution in [1.82, 2.24) is 30.8 Å². The molecule has 0 spiro atoms. The minimum atomic E-state index is -0.426. The van der Waals surface area contributed by atoms with Gasteiger partial charge in [-0.1, -0.05) is 36.1 Å². The van der Waals surface area contributed by atoms with Gasteiger partial charge in [-0.3, -0.25) is 10.1 Å². The molecular weight excluding hydrogens is 406 g/mol. The van der Waals surface area contributed by atoms with Crippen LogP contribution < -0.4 is 16.0 Å². The minimum Gasteiger partial charge on any atom is -0.323 e. The number of fused-ring (bicyclic) bond motifs is 1. The molecule has 0 aliphatic carbocycles. The number of carbonyl (C=O) groups excluding carboxylic acids is 1. The molecule has 0 bridgehead atoms. The summed E-state index contributed by atoms with van der Waals surface area (Å²) in [5.41, 5.74) is 3.06. The Balaban J connectivity index is 1.44. The summed E-state index contributed by atoms with van der Waals surface area (Å²) >= 11 is 3.17. The molecule has 4 rings (SSSR count). The average molecular weight is 430 g/mol. The summed E-state index contributed by atoms with van der Waals surface area (Å²) < 4.78 is 0.916. The van der Waals surface area contributed by atoms with Crippen LogP contribution in [0.3, 0.4) is 0 Å². The van der Waals surface area contributed by atoms with E-state index in [1.807, 2.05) is 19.9 Å². The Labute approximate surface area is 177 Å². The van der Waals surface area contributed by atoms with Gasteiger partial charge in [-0.15, -0.1) is 10.2 Å². The first-order valence-electron chi connectivity index (χ1n) is 9.52. The van der Waals surface area contributed by atoms with Crippen LogP contribution in [0.25, 0.3) is 10.9 Å². The van der Waals surface area contributed by atoms with E-state index in [0.29, 0.717) is 12.4 Å². The zero-order chi connectivity index (χ0) is 20.4. The van der Waals surface area contributed by atoms with Crippen LogP contribution in [0.2, 0.25) is 0 Å². The Morgan fingerprint density at radius 1 is 1.28 bits per heavy atom. The van der Waals surface area contributed by atoms with Crippen LogP contribution in [-0.2, 0) is 11.2 Å². The number of anilines is 1. The number of aryl methyl sites for hydroxylation is 3. The van der Waals surface area contributed by atoms with E-state index >= 15 is 0 Å². The topological polar surface area (TPSA) is 105 Å². The van der Waals surface area contributed by atoms with E-state index < -0.39 is 6.29 Å². The molecule has 0 saturated carbocycles. The zero-order valence-corrected chi connectivity index (χ0v) is 18.2. The Kier molecular flexibility index (Phi) is 5.93. The van der Waals surface area contributed by atoms with E-state index in [1.165, 1.54) is 5.56 Å². The van der Waals surface area contributed by atoms with Gasteiger partial charge in [0, 0.05) is 23.6 Å². The molecule has 1 aliphatic heterocycles. The number of rotatable bonds is 6. The summed E-state index contributed by atoms with van der Waals surface area (Å²) in [5, 5.41) is 19.7. The van der Waals surface area contributed by atoms with Gasteiger partial charge in [-0.2, -0.15) is 0 Å². The number of hydrogen-bond acceptors (Lipinski definition) is 9. The normalized spacial score (nSPS) is 19.3. The molecule has 1 aliphatic rings. The molecule has 8 nitrogen and oxygen atoms in total. The summed E-state index contributed by atoms with van der Waals surface area (Å²) in [5.74, 6) is 1.22. The number of thioether (sulfide) groups is 1. The quantitative estimate of drug-likeness (QED) is 0.514. The lowest BCUT2D eigenvalue weighted by atomic mass is 10.1. The van der Waals surface area contributed by atoms with Crippen molar-refractivity contribution >= 4 is 45.9 Å². The van der Waals surface area contributed by atoms with E-state index in [4.69, 9.17) is 0 Å². The second-order valence-corrected chi connectivity index (χ2v) is 9.40. The number of carbonyl (C=O) groups is 1. The third kappa shape index (κ3) is 4.82. The Morgan fingerprint density at radius 2 is 2.14 bits per heavy atom. The number of amides is 1. The first-order chi connectivity index (χ1) is 14.0. The van der Waals surface area contributed by atoms with E-state index in [0.717, 1.165) is 38.1 Å².